The Kier molecular flexibility index (Phi) is 4.18. The van der Waals surface area contributed by atoms with E-state index in [-0.39, 0.29) is 6.10 Å². The second-order valence-electron chi connectivity index (χ2n) is 6.59. The lowest BCUT2D eigenvalue weighted by Gasteiger charge is -2.21. The van der Waals surface area contributed by atoms with Gasteiger partial charge in [0, 0.05) is 0 Å². The fraction of sp³-hybridized carbons (Fsp3) is 0.217. The predicted octanol–water partition coefficient (Wildman–Crippen LogP) is 5.83. The highest BCUT2D eigenvalue weighted by atomic mass is 16.3. The number of hydrogen-bond donors (Lipinski definition) is 1. The van der Waals surface area contributed by atoms with E-state index in [0.717, 1.165) is 19.3 Å². The van der Waals surface area contributed by atoms with Crippen LogP contribution in [0.3, 0.4) is 0 Å². The first-order chi connectivity index (χ1) is 11.8. The third-order valence-electron chi connectivity index (χ3n) is 5.00. The minimum Gasteiger partial charge on any atom is -0.389 e. The maximum absolute atomic E-state index is 10.3. The summed E-state index contributed by atoms with van der Waals surface area (Å²) in [6, 6.07) is 23.5. The highest BCUT2D eigenvalue weighted by Crippen LogP contribution is 2.33. The first-order valence-electron chi connectivity index (χ1n) is 8.78. The van der Waals surface area contributed by atoms with Gasteiger partial charge in [0.15, 0.2) is 0 Å². The molecule has 1 fully saturated rings. The molecule has 0 saturated heterocycles. The second-order valence-corrected chi connectivity index (χ2v) is 6.59. The Hall–Kier alpha value is -2.38. The van der Waals surface area contributed by atoms with Gasteiger partial charge >= 0.3 is 0 Å². The van der Waals surface area contributed by atoms with Crippen LogP contribution in [-0.4, -0.2) is 11.2 Å². The van der Waals surface area contributed by atoms with Crippen molar-refractivity contribution in [3.8, 4) is 11.1 Å². The van der Waals surface area contributed by atoms with Gasteiger partial charge < -0.3 is 5.11 Å². The first-order valence-corrected chi connectivity index (χ1v) is 8.78. The molecule has 1 unspecified atom stereocenters. The molecule has 0 aromatic heterocycles. The van der Waals surface area contributed by atoms with Crippen molar-refractivity contribution in [3.63, 3.8) is 0 Å². The quantitative estimate of drug-likeness (QED) is 0.631. The average molecular weight is 314 g/mol. The third-order valence-corrected chi connectivity index (χ3v) is 5.00. The molecule has 24 heavy (non-hydrogen) atoms. The monoisotopic (exact) mass is 314 g/mol. The summed E-state index contributed by atoms with van der Waals surface area (Å²) in [5.41, 5.74) is 4.86. The van der Waals surface area contributed by atoms with E-state index in [2.05, 4.69) is 72.8 Å². The van der Waals surface area contributed by atoms with E-state index in [0.29, 0.717) is 0 Å². The van der Waals surface area contributed by atoms with Crippen molar-refractivity contribution < 1.29 is 5.11 Å². The molecule has 1 nitrogen and oxygen atoms in total. The van der Waals surface area contributed by atoms with E-state index < -0.39 is 0 Å². The van der Waals surface area contributed by atoms with Crippen LogP contribution in [0.4, 0.5) is 0 Å². The molecule has 0 spiro atoms. The smallest absolute Gasteiger partial charge is 0.0753 e. The first kappa shape index (κ1) is 15.2. The zero-order valence-corrected chi connectivity index (χ0v) is 13.8. The van der Waals surface area contributed by atoms with Crippen LogP contribution in [0.15, 0.2) is 72.3 Å². The lowest BCUT2D eigenvalue weighted by Crippen LogP contribution is -2.14. The molecule has 120 valence electrons. The van der Waals surface area contributed by atoms with E-state index in [9.17, 15) is 5.11 Å². The summed E-state index contributed by atoms with van der Waals surface area (Å²) in [5.74, 6) is 0. The zero-order chi connectivity index (χ0) is 16.4. The van der Waals surface area contributed by atoms with E-state index in [1.54, 1.807) is 0 Å². The highest BCUT2D eigenvalue weighted by Gasteiger charge is 2.16. The van der Waals surface area contributed by atoms with Crippen molar-refractivity contribution in [1.82, 2.24) is 0 Å². The van der Waals surface area contributed by atoms with Crippen LogP contribution in [0.25, 0.3) is 28.0 Å². The van der Waals surface area contributed by atoms with Gasteiger partial charge in [0.05, 0.1) is 6.10 Å². The highest BCUT2D eigenvalue weighted by molar-refractivity contribution is 5.98. The van der Waals surface area contributed by atoms with Gasteiger partial charge in [-0.15, -0.1) is 0 Å². The Morgan fingerprint density at radius 3 is 2.46 bits per heavy atom. The van der Waals surface area contributed by atoms with Crippen LogP contribution in [0, 0.1) is 0 Å². The normalized spacial score (nSPS) is 19.7. The molecule has 4 rings (SSSR count). The van der Waals surface area contributed by atoms with E-state index in [4.69, 9.17) is 0 Å². The van der Waals surface area contributed by atoms with Gasteiger partial charge in [0.2, 0.25) is 0 Å². The van der Waals surface area contributed by atoms with Crippen LogP contribution in [0.1, 0.15) is 31.2 Å². The minimum absolute atomic E-state index is 0.278. The fourth-order valence-corrected chi connectivity index (χ4v) is 3.72. The lowest BCUT2D eigenvalue weighted by molar-refractivity contribution is 0.180. The molecule has 1 N–H and O–H groups in total. The largest absolute Gasteiger partial charge is 0.389 e. The van der Waals surface area contributed by atoms with Crippen LogP contribution in [0.5, 0.6) is 0 Å². The predicted molar refractivity (Wildman–Crippen MR) is 102 cm³/mol. The van der Waals surface area contributed by atoms with Crippen molar-refractivity contribution in [1.29, 1.82) is 0 Å². The maximum Gasteiger partial charge on any atom is 0.0753 e. The fourth-order valence-electron chi connectivity index (χ4n) is 3.72. The summed E-state index contributed by atoms with van der Waals surface area (Å²) in [5, 5.41) is 12.8. The number of hydrogen-bond acceptors (Lipinski definition) is 1. The van der Waals surface area contributed by atoms with Crippen molar-refractivity contribution in [2.45, 2.75) is 31.8 Å². The molecule has 1 aliphatic rings. The average Bonchev–Trinajstić information content (AvgIpc) is 2.64. The molecule has 0 aliphatic heterocycles. The van der Waals surface area contributed by atoms with Crippen LogP contribution in [-0.2, 0) is 0 Å². The molecule has 0 heterocycles. The number of fused-ring (bicyclic) bond motifs is 1. The molecule has 0 radical (unpaired) electrons. The summed E-state index contributed by atoms with van der Waals surface area (Å²) in [6.07, 6.45) is 6.14. The van der Waals surface area contributed by atoms with E-state index >= 15 is 0 Å². The van der Waals surface area contributed by atoms with Gasteiger partial charge in [-0.05, 0) is 52.3 Å². The number of rotatable bonds is 2. The van der Waals surface area contributed by atoms with Crippen LogP contribution in [0.2, 0.25) is 0 Å². The van der Waals surface area contributed by atoms with Crippen LogP contribution < -0.4 is 0 Å². The Morgan fingerprint density at radius 2 is 1.54 bits per heavy atom. The molecule has 0 bridgehead atoms. The molecular formula is C23H22O. The number of aliphatic hydroxyl groups excluding tert-OH is 1. The summed E-state index contributed by atoms with van der Waals surface area (Å²) < 4.78 is 0. The summed E-state index contributed by atoms with van der Waals surface area (Å²) >= 11 is 0. The van der Waals surface area contributed by atoms with Crippen molar-refractivity contribution in [2.24, 2.45) is 0 Å². The topological polar surface area (TPSA) is 20.2 Å². The standard InChI is InChI=1S/C23H22O/c24-23-15-6-3-10-19(23)16-18-9-2-5-13-21(18)22-14-7-11-17-8-1-4-12-20(17)22/h1-2,4-5,7-9,11-14,16,23-24H,3,6,10,15H2/b19-16+. The Labute approximate surface area is 143 Å². The Morgan fingerprint density at radius 1 is 0.792 bits per heavy atom. The Balaban J connectivity index is 1.86. The summed E-state index contributed by atoms with van der Waals surface area (Å²) in [4.78, 5) is 0. The van der Waals surface area contributed by atoms with Gasteiger partial charge in [-0.25, -0.2) is 0 Å². The van der Waals surface area contributed by atoms with Crippen molar-refractivity contribution in [3.05, 3.63) is 77.9 Å². The second kappa shape index (κ2) is 6.62. The van der Waals surface area contributed by atoms with E-state index in [1.165, 1.54) is 39.5 Å². The van der Waals surface area contributed by atoms with Crippen LogP contribution >= 0.6 is 0 Å². The van der Waals surface area contributed by atoms with Crippen molar-refractivity contribution >= 4 is 16.8 Å². The molecule has 1 aliphatic carbocycles. The SMILES string of the molecule is OC1CCCC/C1=C\c1ccccc1-c1cccc2ccccc12. The molecular weight excluding hydrogens is 292 g/mol. The third kappa shape index (κ3) is 2.88. The van der Waals surface area contributed by atoms with Gasteiger partial charge in [-0.2, -0.15) is 0 Å². The molecule has 3 aromatic carbocycles. The minimum atomic E-state index is -0.278. The molecule has 1 heteroatoms. The van der Waals surface area contributed by atoms with Gasteiger partial charge in [0.25, 0.3) is 0 Å². The Bertz CT molecular complexity index is 886. The van der Waals surface area contributed by atoms with Gasteiger partial charge in [-0.1, -0.05) is 79.2 Å². The number of benzene rings is 3. The number of aliphatic hydroxyl groups is 1. The molecule has 3 aromatic rings. The van der Waals surface area contributed by atoms with E-state index in [1.807, 2.05) is 0 Å². The zero-order valence-electron chi connectivity index (χ0n) is 13.8. The maximum atomic E-state index is 10.3. The summed E-state index contributed by atoms with van der Waals surface area (Å²) in [6.45, 7) is 0. The van der Waals surface area contributed by atoms with Gasteiger partial charge in [-0.3, -0.25) is 0 Å². The van der Waals surface area contributed by atoms with Gasteiger partial charge in [0.1, 0.15) is 0 Å². The summed E-state index contributed by atoms with van der Waals surface area (Å²) in [7, 11) is 0. The van der Waals surface area contributed by atoms with Crippen molar-refractivity contribution in [2.75, 3.05) is 0 Å². The molecule has 0 amide bonds. The lowest BCUT2D eigenvalue weighted by atomic mass is 9.88. The molecule has 1 atom stereocenters. The molecule has 1 saturated carbocycles.